The Labute approximate surface area is 114 Å². The van der Waals surface area contributed by atoms with Crippen molar-refractivity contribution < 1.29 is 9.53 Å². The van der Waals surface area contributed by atoms with Gasteiger partial charge in [0.25, 0.3) is 0 Å². The lowest BCUT2D eigenvalue weighted by molar-refractivity contribution is -0.119. The van der Waals surface area contributed by atoms with E-state index in [0.29, 0.717) is 19.6 Å². The van der Waals surface area contributed by atoms with Crippen LogP contribution in [0.3, 0.4) is 0 Å². The highest BCUT2D eigenvalue weighted by molar-refractivity contribution is 5.94. The number of nitrogens with one attached hydrogen (secondary N) is 1. The molecule has 1 heterocycles. The van der Waals surface area contributed by atoms with Gasteiger partial charge >= 0.3 is 0 Å². The largest absolute Gasteiger partial charge is 0.378 e. The molecule has 0 aromatic heterocycles. The average Bonchev–Trinajstić information content (AvgIpc) is 2.43. The molecule has 4 heteroatoms. The monoisotopic (exact) mass is 262 g/mol. The first-order valence-electron chi connectivity index (χ1n) is 6.89. The Bertz CT molecular complexity index is 428. The molecule has 19 heavy (non-hydrogen) atoms. The minimum absolute atomic E-state index is 0.138. The van der Waals surface area contributed by atoms with E-state index in [1.54, 1.807) is 0 Å². The number of amides is 1. The molecule has 1 saturated heterocycles. The van der Waals surface area contributed by atoms with Crippen LogP contribution in [-0.2, 0) is 9.53 Å². The fraction of sp³-hybridized carbons (Fsp3) is 0.533. The third-order valence-electron chi connectivity index (χ3n) is 3.44. The van der Waals surface area contributed by atoms with E-state index < -0.39 is 0 Å². The van der Waals surface area contributed by atoms with Crippen LogP contribution in [0.5, 0.6) is 0 Å². The standard InChI is InChI=1S/C15H22N2O2/c1-3-17(14-7-5-4-6-12(14)2)15(18)10-13-11-19-9-8-16-13/h4-7,13,16H,3,8-11H2,1-2H3. The molecule has 0 saturated carbocycles. The van der Waals surface area contributed by atoms with Crippen molar-refractivity contribution >= 4 is 11.6 Å². The second-order valence-corrected chi connectivity index (χ2v) is 4.85. The van der Waals surface area contributed by atoms with Crippen molar-refractivity contribution in [1.29, 1.82) is 0 Å². The van der Waals surface area contributed by atoms with Crippen molar-refractivity contribution in [2.24, 2.45) is 0 Å². The molecule has 1 atom stereocenters. The maximum absolute atomic E-state index is 12.4. The Morgan fingerprint density at radius 3 is 2.89 bits per heavy atom. The van der Waals surface area contributed by atoms with Crippen molar-refractivity contribution in [3.63, 3.8) is 0 Å². The van der Waals surface area contributed by atoms with E-state index in [-0.39, 0.29) is 11.9 Å². The first-order valence-corrected chi connectivity index (χ1v) is 6.89. The molecule has 0 spiro atoms. The van der Waals surface area contributed by atoms with Gasteiger partial charge < -0.3 is 15.0 Å². The number of morpholine rings is 1. The van der Waals surface area contributed by atoms with Gasteiger partial charge in [-0.1, -0.05) is 18.2 Å². The number of benzene rings is 1. The molecule has 4 nitrogen and oxygen atoms in total. The summed E-state index contributed by atoms with van der Waals surface area (Å²) in [6, 6.07) is 8.14. The van der Waals surface area contributed by atoms with Gasteiger partial charge in [-0.15, -0.1) is 0 Å². The maximum Gasteiger partial charge on any atom is 0.228 e. The molecule has 104 valence electrons. The van der Waals surface area contributed by atoms with Gasteiger partial charge in [0.05, 0.1) is 13.2 Å². The van der Waals surface area contributed by atoms with Crippen molar-refractivity contribution in [3.8, 4) is 0 Å². The van der Waals surface area contributed by atoms with Gasteiger partial charge in [-0.25, -0.2) is 0 Å². The minimum Gasteiger partial charge on any atom is -0.378 e. The minimum atomic E-state index is 0.138. The van der Waals surface area contributed by atoms with Gasteiger partial charge in [-0.3, -0.25) is 4.79 Å². The highest BCUT2D eigenvalue weighted by Gasteiger charge is 2.21. The Balaban J connectivity index is 2.04. The number of anilines is 1. The van der Waals surface area contributed by atoms with Crippen LogP contribution in [0.25, 0.3) is 0 Å². The number of para-hydroxylation sites is 1. The predicted molar refractivity (Wildman–Crippen MR) is 76.4 cm³/mol. The number of rotatable bonds is 4. The van der Waals surface area contributed by atoms with Crippen LogP contribution in [0.4, 0.5) is 5.69 Å². The van der Waals surface area contributed by atoms with Crippen molar-refractivity contribution in [2.75, 3.05) is 31.2 Å². The fourth-order valence-corrected chi connectivity index (χ4v) is 2.42. The lowest BCUT2D eigenvalue weighted by Gasteiger charge is -2.28. The van der Waals surface area contributed by atoms with E-state index in [9.17, 15) is 4.79 Å². The van der Waals surface area contributed by atoms with Crippen LogP contribution in [0, 0.1) is 6.92 Å². The smallest absolute Gasteiger partial charge is 0.228 e. The number of hydrogen-bond acceptors (Lipinski definition) is 3. The van der Waals surface area contributed by atoms with E-state index in [4.69, 9.17) is 4.74 Å². The van der Waals surface area contributed by atoms with Crippen LogP contribution in [0.2, 0.25) is 0 Å². The Kier molecular flexibility index (Phi) is 4.93. The van der Waals surface area contributed by atoms with E-state index in [2.05, 4.69) is 5.32 Å². The third-order valence-corrected chi connectivity index (χ3v) is 3.44. The first-order chi connectivity index (χ1) is 9.22. The molecule has 1 aliphatic heterocycles. The zero-order valence-corrected chi connectivity index (χ0v) is 11.7. The molecule has 0 bridgehead atoms. The molecule has 1 aliphatic rings. The molecular weight excluding hydrogens is 240 g/mol. The van der Waals surface area contributed by atoms with E-state index >= 15 is 0 Å². The summed E-state index contributed by atoms with van der Waals surface area (Å²) in [5.74, 6) is 0.153. The highest BCUT2D eigenvalue weighted by atomic mass is 16.5. The number of aryl methyl sites for hydroxylation is 1. The molecule has 1 amide bonds. The van der Waals surface area contributed by atoms with Crippen LogP contribution in [-0.4, -0.2) is 38.3 Å². The molecule has 1 aromatic rings. The third kappa shape index (κ3) is 3.55. The van der Waals surface area contributed by atoms with Gasteiger partial charge in [0.1, 0.15) is 0 Å². The summed E-state index contributed by atoms with van der Waals surface area (Å²) in [6.07, 6.45) is 0.488. The van der Waals surface area contributed by atoms with Crippen LogP contribution >= 0.6 is 0 Å². The van der Waals surface area contributed by atoms with Crippen LogP contribution in [0.1, 0.15) is 18.9 Å². The molecule has 1 fully saturated rings. The second-order valence-electron chi connectivity index (χ2n) is 4.85. The zero-order valence-electron chi connectivity index (χ0n) is 11.7. The van der Waals surface area contributed by atoms with Gasteiger partial charge in [0.15, 0.2) is 0 Å². The van der Waals surface area contributed by atoms with Crippen LogP contribution in [0.15, 0.2) is 24.3 Å². The van der Waals surface area contributed by atoms with Gasteiger partial charge in [-0.05, 0) is 25.5 Å². The zero-order chi connectivity index (χ0) is 13.7. The summed E-state index contributed by atoms with van der Waals surface area (Å²) in [4.78, 5) is 14.3. The molecular formula is C15H22N2O2. The maximum atomic E-state index is 12.4. The van der Waals surface area contributed by atoms with E-state index in [1.807, 2.05) is 43.0 Å². The van der Waals surface area contributed by atoms with Crippen molar-refractivity contribution in [2.45, 2.75) is 26.3 Å². The predicted octanol–water partition coefficient (Wildman–Crippen LogP) is 1.73. The summed E-state index contributed by atoms with van der Waals surface area (Å²) < 4.78 is 5.39. The van der Waals surface area contributed by atoms with Crippen molar-refractivity contribution in [3.05, 3.63) is 29.8 Å². The number of carbonyl (C=O) groups is 1. The summed E-state index contributed by atoms with van der Waals surface area (Å²) in [5.41, 5.74) is 2.14. The summed E-state index contributed by atoms with van der Waals surface area (Å²) in [7, 11) is 0. The van der Waals surface area contributed by atoms with Crippen LogP contribution < -0.4 is 10.2 Å². The van der Waals surface area contributed by atoms with E-state index in [0.717, 1.165) is 24.4 Å². The number of hydrogen-bond donors (Lipinski definition) is 1. The topological polar surface area (TPSA) is 41.6 Å². The lowest BCUT2D eigenvalue weighted by atomic mass is 10.1. The van der Waals surface area contributed by atoms with Gasteiger partial charge in [-0.2, -0.15) is 0 Å². The summed E-state index contributed by atoms with van der Waals surface area (Å²) in [6.45, 7) is 6.92. The average molecular weight is 262 g/mol. The fourth-order valence-electron chi connectivity index (χ4n) is 2.42. The highest BCUT2D eigenvalue weighted by Crippen LogP contribution is 2.20. The molecule has 0 aliphatic carbocycles. The lowest BCUT2D eigenvalue weighted by Crippen LogP contribution is -2.45. The SMILES string of the molecule is CCN(C(=O)CC1COCCN1)c1ccccc1C. The quantitative estimate of drug-likeness (QED) is 0.898. The normalized spacial score (nSPS) is 19.2. The number of nitrogens with zero attached hydrogens (tertiary/aromatic N) is 1. The number of ether oxygens (including phenoxy) is 1. The molecule has 2 rings (SSSR count). The summed E-state index contributed by atoms with van der Waals surface area (Å²) >= 11 is 0. The summed E-state index contributed by atoms with van der Waals surface area (Å²) in [5, 5.41) is 3.32. The first kappa shape index (κ1) is 14.0. The molecule has 1 unspecified atom stereocenters. The second kappa shape index (κ2) is 6.68. The van der Waals surface area contributed by atoms with Gasteiger partial charge in [0.2, 0.25) is 5.91 Å². The Morgan fingerprint density at radius 2 is 2.26 bits per heavy atom. The van der Waals surface area contributed by atoms with Crippen molar-refractivity contribution in [1.82, 2.24) is 5.32 Å². The number of carbonyl (C=O) groups excluding carboxylic acids is 1. The van der Waals surface area contributed by atoms with E-state index in [1.165, 1.54) is 0 Å². The molecule has 0 radical (unpaired) electrons. The Hall–Kier alpha value is -1.39. The Morgan fingerprint density at radius 1 is 1.47 bits per heavy atom. The molecule has 1 aromatic carbocycles. The van der Waals surface area contributed by atoms with Gasteiger partial charge in [0, 0.05) is 31.2 Å². The molecule has 1 N–H and O–H groups in total.